The summed E-state index contributed by atoms with van der Waals surface area (Å²) < 4.78 is 1.80. The van der Waals surface area contributed by atoms with Crippen molar-refractivity contribution in [1.29, 1.82) is 0 Å². The van der Waals surface area contributed by atoms with Crippen LogP contribution in [0.2, 0.25) is 5.02 Å². The molecule has 1 N–H and O–H groups in total. The highest BCUT2D eigenvalue weighted by molar-refractivity contribution is 8.18. The van der Waals surface area contributed by atoms with Gasteiger partial charge in [-0.2, -0.15) is 10.1 Å². The van der Waals surface area contributed by atoms with E-state index in [0.29, 0.717) is 15.1 Å². The lowest BCUT2D eigenvalue weighted by Gasteiger charge is -2.17. The Labute approximate surface area is 205 Å². The summed E-state index contributed by atoms with van der Waals surface area (Å²) in [5.41, 5.74) is 4.16. The second-order valence-electron chi connectivity index (χ2n) is 7.61. The fraction of sp³-hybridized carbons (Fsp3) is 0.0385. The van der Waals surface area contributed by atoms with Crippen molar-refractivity contribution in [1.82, 2.24) is 9.78 Å². The molecule has 2 heterocycles. The highest BCUT2D eigenvalue weighted by Crippen LogP contribution is 2.34. The largest absolute Gasteiger partial charge is 0.508 e. The Kier molecular flexibility index (Phi) is 5.96. The van der Waals surface area contributed by atoms with Crippen LogP contribution in [0.1, 0.15) is 5.56 Å². The first-order valence-corrected chi connectivity index (χ1v) is 11.6. The Balaban J connectivity index is 1.50. The molecule has 6 nitrogen and oxygen atoms in total. The Bertz CT molecular complexity index is 1410. The standard InChI is InChI=1S/C26H19ClN4O2S/c1-30(20-11-13-22(32)14-12-20)26-28-25(33)23(34-26)15-18-16-31(21-5-3-2-4-6-21)29-24(18)17-7-9-19(27)10-8-17/h2-16,32H,1H3/b23-15+. The summed E-state index contributed by atoms with van der Waals surface area (Å²) in [6, 6.07) is 24.0. The number of para-hydroxylation sites is 1. The number of rotatable bonds is 4. The van der Waals surface area contributed by atoms with Gasteiger partial charge in [-0.25, -0.2) is 4.68 Å². The van der Waals surface area contributed by atoms with E-state index in [4.69, 9.17) is 16.7 Å². The van der Waals surface area contributed by atoms with Gasteiger partial charge in [0.15, 0.2) is 5.17 Å². The molecule has 8 heteroatoms. The molecule has 0 spiro atoms. The molecule has 1 aliphatic heterocycles. The normalized spacial score (nSPS) is 14.5. The van der Waals surface area contributed by atoms with E-state index in [0.717, 1.165) is 28.2 Å². The van der Waals surface area contributed by atoms with Gasteiger partial charge in [0.25, 0.3) is 5.91 Å². The molecular formula is C26H19ClN4O2S. The first kappa shape index (κ1) is 22.0. The lowest BCUT2D eigenvalue weighted by Crippen LogP contribution is -2.21. The van der Waals surface area contributed by atoms with Crippen LogP contribution >= 0.6 is 23.4 Å². The minimum Gasteiger partial charge on any atom is -0.508 e. The number of hydrogen-bond acceptors (Lipinski definition) is 5. The van der Waals surface area contributed by atoms with Crippen LogP contribution in [0.4, 0.5) is 5.69 Å². The molecule has 0 saturated carbocycles. The van der Waals surface area contributed by atoms with Gasteiger partial charge in [-0.15, -0.1) is 0 Å². The number of hydrogen-bond donors (Lipinski definition) is 1. The summed E-state index contributed by atoms with van der Waals surface area (Å²) in [5.74, 6) is -0.125. The minimum atomic E-state index is -0.305. The number of amidine groups is 1. The number of anilines is 1. The zero-order chi connectivity index (χ0) is 23.7. The molecule has 0 radical (unpaired) electrons. The predicted molar refractivity (Wildman–Crippen MR) is 139 cm³/mol. The van der Waals surface area contributed by atoms with Gasteiger partial charge in [0.05, 0.1) is 16.3 Å². The number of carbonyl (C=O) groups is 1. The third-order valence-electron chi connectivity index (χ3n) is 5.30. The van der Waals surface area contributed by atoms with Crippen molar-refractivity contribution in [3.63, 3.8) is 0 Å². The number of carbonyl (C=O) groups excluding carboxylic acids is 1. The Morgan fingerprint density at radius 3 is 2.41 bits per heavy atom. The van der Waals surface area contributed by atoms with Gasteiger partial charge in [-0.3, -0.25) is 4.79 Å². The number of amides is 1. The van der Waals surface area contributed by atoms with Crippen molar-refractivity contribution in [2.24, 2.45) is 4.99 Å². The summed E-state index contributed by atoms with van der Waals surface area (Å²) in [7, 11) is 1.83. The SMILES string of the molecule is CN(C1=NC(=O)/C(=C\c2cn(-c3ccccc3)nc2-c2ccc(Cl)cc2)S1)c1ccc(O)cc1. The summed E-state index contributed by atoms with van der Waals surface area (Å²) in [6.07, 6.45) is 3.73. The number of aromatic nitrogens is 2. The quantitative estimate of drug-likeness (QED) is 0.358. The summed E-state index contributed by atoms with van der Waals surface area (Å²) in [6.45, 7) is 0. The van der Waals surface area contributed by atoms with Crippen molar-refractivity contribution >= 4 is 46.2 Å². The van der Waals surface area contributed by atoms with Gasteiger partial charge < -0.3 is 10.0 Å². The second-order valence-corrected chi connectivity index (χ2v) is 9.05. The van der Waals surface area contributed by atoms with Crippen molar-refractivity contribution in [2.75, 3.05) is 11.9 Å². The van der Waals surface area contributed by atoms with E-state index >= 15 is 0 Å². The number of aliphatic imine (C=N–C) groups is 1. The van der Waals surface area contributed by atoms with Gasteiger partial charge in [0.2, 0.25) is 0 Å². The highest BCUT2D eigenvalue weighted by Gasteiger charge is 2.26. The molecule has 168 valence electrons. The molecule has 1 amide bonds. The molecule has 3 aromatic carbocycles. The first-order chi connectivity index (χ1) is 16.5. The molecule has 5 rings (SSSR count). The van der Waals surface area contributed by atoms with Crippen LogP contribution in [0.5, 0.6) is 5.75 Å². The topological polar surface area (TPSA) is 70.7 Å². The summed E-state index contributed by atoms with van der Waals surface area (Å²) >= 11 is 7.38. The monoisotopic (exact) mass is 486 g/mol. The third kappa shape index (κ3) is 4.48. The fourth-order valence-corrected chi connectivity index (χ4v) is 4.52. The Hall–Kier alpha value is -3.81. The number of aromatic hydroxyl groups is 1. The zero-order valence-electron chi connectivity index (χ0n) is 18.1. The van der Waals surface area contributed by atoms with Crippen molar-refractivity contribution in [2.45, 2.75) is 0 Å². The molecule has 0 fully saturated rings. The Morgan fingerprint density at radius 2 is 1.71 bits per heavy atom. The predicted octanol–water partition coefficient (Wildman–Crippen LogP) is 6.01. The van der Waals surface area contributed by atoms with Crippen molar-refractivity contribution in [3.8, 4) is 22.7 Å². The number of phenolic OH excluding ortho intramolecular Hbond substituents is 1. The maximum absolute atomic E-state index is 12.8. The van der Waals surface area contributed by atoms with Crippen LogP contribution in [0, 0.1) is 0 Å². The van der Waals surface area contributed by atoms with Crippen molar-refractivity contribution in [3.05, 3.63) is 101 Å². The van der Waals surface area contributed by atoms with Crippen LogP contribution in [0.25, 0.3) is 23.0 Å². The van der Waals surface area contributed by atoms with Crippen LogP contribution < -0.4 is 4.90 Å². The second kappa shape index (κ2) is 9.21. The molecule has 0 aliphatic carbocycles. The van der Waals surface area contributed by atoms with Crippen LogP contribution in [0.3, 0.4) is 0 Å². The summed E-state index contributed by atoms with van der Waals surface area (Å²) in [5, 5.41) is 15.5. The maximum atomic E-state index is 12.8. The lowest BCUT2D eigenvalue weighted by molar-refractivity contribution is -0.113. The molecule has 0 atom stereocenters. The number of nitrogens with zero attached hydrogens (tertiary/aromatic N) is 4. The van der Waals surface area contributed by atoms with E-state index in [1.165, 1.54) is 11.8 Å². The average molecular weight is 487 g/mol. The molecule has 0 saturated heterocycles. The van der Waals surface area contributed by atoms with Gasteiger partial charge in [0.1, 0.15) is 5.75 Å². The van der Waals surface area contributed by atoms with E-state index in [9.17, 15) is 9.90 Å². The minimum absolute atomic E-state index is 0.181. The number of halogens is 1. The molecule has 4 aromatic rings. The first-order valence-electron chi connectivity index (χ1n) is 10.4. The molecular weight excluding hydrogens is 468 g/mol. The average Bonchev–Trinajstić information content (AvgIpc) is 3.44. The number of benzene rings is 3. The van der Waals surface area contributed by atoms with Gasteiger partial charge in [-0.05, 0) is 66.4 Å². The number of phenols is 1. The van der Waals surface area contributed by atoms with Crippen molar-refractivity contribution < 1.29 is 9.90 Å². The van der Waals surface area contributed by atoms with Crippen LogP contribution in [0.15, 0.2) is 95.0 Å². The smallest absolute Gasteiger partial charge is 0.286 e. The third-order valence-corrected chi connectivity index (χ3v) is 6.61. The van der Waals surface area contributed by atoms with E-state index in [-0.39, 0.29) is 11.7 Å². The van der Waals surface area contributed by atoms with E-state index in [2.05, 4.69) is 4.99 Å². The summed E-state index contributed by atoms with van der Waals surface area (Å²) in [4.78, 5) is 19.3. The van der Waals surface area contributed by atoms with Crippen LogP contribution in [-0.4, -0.2) is 33.0 Å². The molecule has 0 bridgehead atoms. The van der Waals surface area contributed by atoms with E-state index in [1.54, 1.807) is 28.9 Å². The maximum Gasteiger partial charge on any atom is 0.286 e. The van der Waals surface area contributed by atoms with E-state index < -0.39 is 0 Å². The lowest BCUT2D eigenvalue weighted by atomic mass is 10.1. The van der Waals surface area contributed by atoms with Gasteiger partial charge in [0, 0.05) is 35.1 Å². The molecule has 1 aliphatic rings. The Morgan fingerprint density at radius 1 is 1.00 bits per heavy atom. The highest BCUT2D eigenvalue weighted by atomic mass is 35.5. The van der Waals surface area contributed by atoms with Gasteiger partial charge >= 0.3 is 0 Å². The van der Waals surface area contributed by atoms with Crippen LogP contribution in [-0.2, 0) is 4.79 Å². The molecule has 34 heavy (non-hydrogen) atoms. The zero-order valence-corrected chi connectivity index (χ0v) is 19.7. The van der Waals surface area contributed by atoms with E-state index in [1.807, 2.05) is 78.8 Å². The fourth-order valence-electron chi connectivity index (χ4n) is 3.51. The number of thioether (sulfide) groups is 1. The molecule has 0 unspecified atom stereocenters. The van der Waals surface area contributed by atoms with Gasteiger partial charge in [-0.1, -0.05) is 41.9 Å². The molecule has 1 aromatic heterocycles.